The third-order valence-electron chi connectivity index (χ3n) is 1.08. The van der Waals surface area contributed by atoms with Crippen molar-refractivity contribution in [1.82, 2.24) is 0 Å². The van der Waals surface area contributed by atoms with Crippen molar-refractivity contribution in [3.8, 4) is 0 Å². The molecule has 0 fully saturated rings. The van der Waals surface area contributed by atoms with Crippen LogP contribution in [0.5, 0.6) is 0 Å². The first kappa shape index (κ1) is 7.51. The largest absolute Gasteiger partial charge is 0.373 e. The lowest BCUT2D eigenvalue weighted by Gasteiger charge is -1.95. The summed E-state index contributed by atoms with van der Waals surface area (Å²) in [7, 11) is 0. The summed E-state index contributed by atoms with van der Waals surface area (Å²) in [6.45, 7) is 0. The number of hydrogen-bond donors (Lipinski definition) is 0. The van der Waals surface area contributed by atoms with Crippen LogP contribution >= 0.6 is 24.1 Å². The summed E-state index contributed by atoms with van der Waals surface area (Å²) in [6.07, 6.45) is 0. The van der Waals surface area contributed by atoms with Crippen molar-refractivity contribution in [3.63, 3.8) is 0 Å². The summed E-state index contributed by atoms with van der Waals surface area (Å²) in [6, 6.07) is 9.32. The molecule has 0 radical (unpaired) electrons. The average molecular weight is 173 g/mol. The van der Waals surface area contributed by atoms with E-state index in [1.54, 1.807) is 0 Å². The van der Waals surface area contributed by atoms with E-state index in [-0.39, 0.29) is 0 Å². The second kappa shape index (κ2) is 3.54. The fourth-order valence-corrected chi connectivity index (χ4v) is 0.844. The van der Waals surface area contributed by atoms with Gasteiger partial charge in [-0.25, -0.2) is 0 Å². The van der Waals surface area contributed by atoms with E-state index >= 15 is 0 Å². The standard InChI is InChI=1S/C7H5ClOS/c8-9-7(10)6-4-2-1-3-5-6/h1-5H. The van der Waals surface area contributed by atoms with Crippen LogP contribution in [-0.2, 0) is 4.29 Å². The third-order valence-corrected chi connectivity index (χ3v) is 1.64. The number of thiocarbonyl (C=S) groups is 1. The maximum absolute atomic E-state index is 5.05. The lowest BCUT2D eigenvalue weighted by molar-refractivity contribution is 0.635. The van der Waals surface area contributed by atoms with Crippen LogP contribution in [0.15, 0.2) is 30.3 Å². The molecule has 0 N–H and O–H groups in total. The third kappa shape index (κ3) is 1.69. The maximum atomic E-state index is 5.05. The van der Waals surface area contributed by atoms with Gasteiger partial charge in [0.25, 0.3) is 0 Å². The van der Waals surface area contributed by atoms with Crippen molar-refractivity contribution in [2.75, 3.05) is 0 Å². The molecule has 0 unspecified atom stereocenters. The lowest BCUT2D eigenvalue weighted by atomic mass is 10.2. The molecule has 1 nitrogen and oxygen atoms in total. The number of rotatable bonds is 1. The summed E-state index contributed by atoms with van der Waals surface area (Å²) < 4.78 is 4.34. The highest BCUT2D eigenvalue weighted by molar-refractivity contribution is 7.80. The number of halogens is 1. The molecule has 1 aromatic carbocycles. The van der Waals surface area contributed by atoms with Crippen LogP contribution in [0, 0.1) is 0 Å². The molecule has 0 aliphatic rings. The average Bonchev–Trinajstić information content (AvgIpc) is 2.05. The van der Waals surface area contributed by atoms with Gasteiger partial charge < -0.3 is 4.29 Å². The van der Waals surface area contributed by atoms with Crippen LogP contribution in [0.3, 0.4) is 0 Å². The van der Waals surface area contributed by atoms with Crippen LogP contribution in [0.1, 0.15) is 5.56 Å². The zero-order chi connectivity index (χ0) is 7.40. The van der Waals surface area contributed by atoms with Gasteiger partial charge in [-0.15, -0.1) is 0 Å². The molecule has 0 bridgehead atoms. The maximum Gasteiger partial charge on any atom is 0.216 e. The van der Waals surface area contributed by atoms with Crippen molar-refractivity contribution in [3.05, 3.63) is 35.9 Å². The van der Waals surface area contributed by atoms with Gasteiger partial charge in [-0.3, -0.25) is 0 Å². The molecule has 0 amide bonds. The van der Waals surface area contributed by atoms with Crippen LogP contribution in [0.25, 0.3) is 0 Å². The molecule has 52 valence electrons. The first-order valence-electron chi connectivity index (χ1n) is 2.72. The van der Waals surface area contributed by atoms with Gasteiger partial charge in [0.2, 0.25) is 5.05 Å². The van der Waals surface area contributed by atoms with Gasteiger partial charge in [0.1, 0.15) is 11.9 Å². The molecule has 0 aliphatic carbocycles. The SMILES string of the molecule is S=C(OCl)c1ccccc1. The molecule has 3 heteroatoms. The minimum atomic E-state index is 0.308. The first-order chi connectivity index (χ1) is 4.84. The Hall–Kier alpha value is -0.600. The van der Waals surface area contributed by atoms with Crippen molar-refractivity contribution in [2.45, 2.75) is 0 Å². The van der Waals surface area contributed by atoms with E-state index in [4.69, 9.17) is 24.1 Å². The van der Waals surface area contributed by atoms with Crippen LogP contribution in [-0.4, -0.2) is 5.05 Å². The summed E-state index contributed by atoms with van der Waals surface area (Å²) in [5.74, 6) is 0. The molecule has 0 aromatic heterocycles. The van der Waals surface area contributed by atoms with Gasteiger partial charge in [0.05, 0.1) is 0 Å². The molecular weight excluding hydrogens is 168 g/mol. The molecule has 0 atom stereocenters. The molecular formula is C7H5ClOS. The molecule has 1 aromatic rings. The Bertz CT molecular complexity index is 222. The minimum Gasteiger partial charge on any atom is -0.373 e. The normalized spacial score (nSPS) is 8.90. The summed E-state index contributed by atoms with van der Waals surface area (Å²) in [5, 5.41) is 0.308. The number of benzene rings is 1. The zero-order valence-electron chi connectivity index (χ0n) is 5.08. The highest BCUT2D eigenvalue weighted by Crippen LogP contribution is 2.03. The molecule has 0 aliphatic heterocycles. The Labute approximate surface area is 69.7 Å². The Balaban J connectivity index is 2.85. The highest BCUT2D eigenvalue weighted by Gasteiger charge is 1.97. The topological polar surface area (TPSA) is 9.23 Å². The molecule has 0 saturated heterocycles. The minimum absolute atomic E-state index is 0.308. The summed E-state index contributed by atoms with van der Waals surface area (Å²) in [4.78, 5) is 0. The quantitative estimate of drug-likeness (QED) is 0.603. The van der Waals surface area contributed by atoms with Gasteiger partial charge in [-0.1, -0.05) is 30.3 Å². The van der Waals surface area contributed by atoms with E-state index in [1.807, 2.05) is 30.3 Å². The van der Waals surface area contributed by atoms with Gasteiger partial charge in [-0.2, -0.15) is 0 Å². The van der Waals surface area contributed by atoms with Crippen LogP contribution < -0.4 is 0 Å². The summed E-state index contributed by atoms with van der Waals surface area (Å²) in [5.41, 5.74) is 0.826. The van der Waals surface area contributed by atoms with E-state index < -0.39 is 0 Å². The van der Waals surface area contributed by atoms with Gasteiger partial charge in [0, 0.05) is 5.56 Å². The predicted molar refractivity (Wildman–Crippen MR) is 45.1 cm³/mol. The second-order valence-corrected chi connectivity index (χ2v) is 2.26. The Morgan fingerprint density at radius 3 is 2.40 bits per heavy atom. The van der Waals surface area contributed by atoms with E-state index in [9.17, 15) is 0 Å². The fraction of sp³-hybridized carbons (Fsp3) is 0. The molecule has 0 saturated carbocycles. The Morgan fingerprint density at radius 2 is 1.90 bits per heavy atom. The molecule has 0 heterocycles. The van der Waals surface area contributed by atoms with Crippen molar-refractivity contribution in [1.29, 1.82) is 0 Å². The molecule has 1 rings (SSSR count). The van der Waals surface area contributed by atoms with Gasteiger partial charge in [0.15, 0.2) is 0 Å². The second-order valence-electron chi connectivity index (χ2n) is 1.73. The van der Waals surface area contributed by atoms with E-state index in [0.29, 0.717) is 5.05 Å². The Kier molecular flexibility index (Phi) is 2.66. The van der Waals surface area contributed by atoms with E-state index in [1.165, 1.54) is 0 Å². The van der Waals surface area contributed by atoms with Crippen LogP contribution in [0.4, 0.5) is 0 Å². The van der Waals surface area contributed by atoms with Crippen LogP contribution in [0.2, 0.25) is 0 Å². The van der Waals surface area contributed by atoms with Crippen molar-refractivity contribution >= 4 is 29.1 Å². The molecule has 10 heavy (non-hydrogen) atoms. The highest BCUT2D eigenvalue weighted by atomic mass is 35.5. The lowest BCUT2D eigenvalue weighted by Crippen LogP contribution is -1.94. The molecule has 0 spiro atoms. The number of hydrogen-bond acceptors (Lipinski definition) is 2. The van der Waals surface area contributed by atoms with Gasteiger partial charge in [-0.05, 0) is 12.2 Å². The predicted octanol–water partition coefficient (Wildman–Crippen LogP) is 2.53. The first-order valence-corrected chi connectivity index (χ1v) is 3.44. The smallest absolute Gasteiger partial charge is 0.216 e. The summed E-state index contributed by atoms with van der Waals surface area (Å²) >= 11 is 9.81. The van der Waals surface area contributed by atoms with Crippen molar-refractivity contribution in [2.24, 2.45) is 0 Å². The van der Waals surface area contributed by atoms with Gasteiger partial charge >= 0.3 is 0 Å². The van der Waals surface area contributed by atoms with Crippen molar-refractivity contribution < 1.29 is 4.29 Å². The zero-order valence-corrected chi connectivity index (χ0v) is 6.65. The van der Waals surface area contributed by atoms with E-state index in [2.05, 4.69) is 4.29 Å². The monoisotopic (exact) mass is 172 g/mol. The Morgan fingerprint density at radius 1 is 1.30 bits per heavy atom. The van der Waals surface area contributed by atoms with E-state index in [0.717, 1.165) is 5.56 Å². The fourth-order valence-electron chi connectivity index (χ4n) is 0.619.